The largest absolute Gasteiger partial charge is 0.397 e. The third-order valence-corrected chi connectivity index (χ3v) is 3.64. The topological polar surface area (TPSA) is 60.2 Å². The van der Waals surface area contributed by atoms with E-state index in [4.69, 9.17) is 10.5 Å². The summed E-state index contributed by atoms with van der Waals surface area (Å²) in [6.45, 7) is 2.71. The Kier molecular flexibility index (Phi) is 3.51. The number of nitrogen functional groups attached to an aromatic ring is 1. The van der Waals surface area contributed by atoms with E-state index in [2.05, 4.69) is 16.4 Å². The summed E-state index contributed by atoms with van der Waals surface area (Å²) in [4.78, 5) is 4.35. The second-order valence-corrected chi connectivity index (χ2v) is 5.07. The zero-order valence-electron chi connectivity index (χ0n) is 10.9. The molecule has 0 radical (unpaired) electrons. The molecule has 2 aromatic rings. The average molecular weight is 257 g/mol. The average Bonchev–Trinajstić information content (AvgIpc) is 2.48. The molecule has 0 spiro atoms. The van der Waals surface area contributed by atoms with Gasteiger partial charge in [0, 0.05) is 30.4 Å². The SMILES string of the molecule is Nc1ccc(NCC2CCCOC2)c2cccnc12. The van der Waals surface area contributed by atoms with E-state index in [0.29, 0.717) is 5.92 Å². The van der Waals surface area contributed by atoms with Crippen LogP contribution in [-0.4, -0.2) is 24.7 Å². The number of ether oxygens (including phenoxy) is 1. The van der Waals surface area contributed by atoms with Gasteiger partial charge in [0.25, 0.3) is 0 Å². The zero-order chi connectivity index (χ0) is 13.1. The molecular weight excluding hydrogens is 238 g/mol. The van der Waals surface area contributed by atoms with Gasteiger partial charge in [-0.15, -0.1) is 0 Å². The minimum atomic E-state index is 0.595. The van der Waals surface area contributed by atoms with Gasteiger partial charge in [-0.25, -0.2) is 0 Å². The minimum Gasteiger partial charge on any atom is -0.397 e. The molecule has 4 nitrogen and oxygen atoms in total. The lowest BCUT2D eigenvalue weighted by molar-refractivity contribution is 0.0595. The molecule has 1 aliphatic rings. The molecule has 1 fully saturated rings. The Morgan fingerprint density at radius 2 is 2.32 bits per heavy atom. The monoisotopic (exact) mass is 257 g/mol. The fraction of sp³-hybridized carbons (Fsp3) is 0.400. The predicted octanol–water partition coefficient (Wildman–Crippen LogP) is 2.66. The van der Waals surface area contributed by atoms with Gasteiger partial charge in [0.05, 0.1) is 17.8 Å². The first-order chi connectivity index (χ1) is 9.34. The molecule has 1 aliphatic heterocycles. The van der Waals surface area contributed by atoms with Crippen LogP contribution in [0.4, 0.5) is 11.4 Å². The molecule has 19 heavy (non-hydrogen) atoms. The molecule has 3 rings (SSSR count). The number of pyridine rings is 1. The molecule has 1 saturated heterocycles. The summed E-state index contributed by atoms with van der Waals surface area (Å²) in [5.74, 6) is 0.595. The van der Waals surface area contributed by atoms with Gasteiger partial charge in [0.1, 0.15) is 0 Å². The van der Waals surface area contributed by atoms with Crippen molar-refractivity contribution in [2.75, 3.05) is 30.8 Å². The van der Waals surface area contributed by atoms with Crippen LogP contribution in [0.5, 0.6) is 0 Å². The number of nitrogens with zero attached hydrogens (tertiary/aromatic N) is 1. The first-order valence-corrected chi connectivity index (χ1v) is 6.79. The van der Waals surface area contributed by atoms with Crippen LogP contribution < -0.4 is 11.1 Å². The first kappa shape index (κ1) is 12.2. The van der Waals surface area contributed by atoms with Gasteiger partial charge in [0.15, 0.2) is 0 Å². The normalized spacial score (nSPS) is 19.5. The fourth-order valence-electron chi connectivity index (χ4n) is 2.57. The van der Waals surface area contributed by atoms with Crippen molar-refractivity contribution in [1.29, 1.82) is 0 Å². The highest BCUT2D eigenvalue weighted by Gasteiger charge is 2.14. The van der Waals surface area contributed by atoms with Crippen LogP contribution in [0.3, 0.4) is 0 Å². The molecule has 1 aromatic carbocycles. The van der Waals surface area contributed by atoms with E-state index in [1.807, 2.05) is 18.2 Å². The van der Waals surface area contributed by atoms with E-state index in [-0.39, 0.29) is 0 Å². The van der Waals surface area contributed by atoms with Crippen LogP contribution in [0.1, 0.15) is 12.8 Å². The van der Waals surface area contributed by atoms with Crippen molar-refractivity contribution in [3.63, 3.8) is 0 Å². The maximum Gasteiger partial charge on any atom is 0.0951 e. The van der Waals surface area contributed by atoms with E-state index in [9.17, 15) is 0 Å². The lowest BCUT2D eigenvalue weighted by Gasteiger charge is -2.23. The summed E-state index contributed by atoms with van der Waals surface area (Å²) in [7, 11) is 0. The molecule has 0 bridgehead atoms. The molecule has 0 amide bonds. The maximum atomic E-state index is 5.95. The Labute approximate surface area is 113 Å². The molecule has 0 saturated carbocycles. The van der Waals surface area contributed by atoms with E-state index >= 15 is 0 Å². The van der Waals surface area contributed by atoms with Gasteiger partial charge in [0.2, 0.25) is 0 Å². The predicted molar refractivity (Wildman–Crippen MR) is 78.2 cm³/mol. The maximum absolute atomic E-state index is 5.95. The highest BCUT2D eigenvalue weighted by molar-refractivity contribution is 5.98. The van der Waals surface area contributed by atoms with Crippen LogP contribution in [0.15, 0.2) is 30.5 Å². The number of aromatic nitrogens is 1. The molecule has 2 heterocycles. The highest BCUT2D eigenvalue weighted by Crippen LogP contribution is 2.27. The molecular formula is C15H19N3O. The van der Waals surface area contributed by atoms with Crippen molar-refractivity contribution in [2.24, 2.45) is 5.92 Å². The quantitative estimate of drug-likeness (QED) is 0.830. The standard InChI is InChI=1S/C15H19N3O/c16-13-5-6-14(12-4-1-7-17-15(12)13)18-9-11-3-2-8-19-10-11/h1,4-7,11,18H,2-3,8-10,16H2. The smallest absolute Gasteiger partial charge is 0.0951 e. The van der Waals surface area contributed by atoms with Gasteiger partial charge in [-0.3, -0.25) is 4.98 Å². The molecule has 4 heteroatoms. The second-order valence-electron chi connectivity index (χ2n) is 5.07. The second kappa shape index (κ2) is 5.45. The Morgan fingerprint density at radius 3 is 3.16 bits per heavy atom. The van der Waals surface area contributed by atoms with Crippen molar-refractivity contribution < 1.29 is 4.74 Å². The number of rotatable bonds is 3. The molecule has 100 valence electrons. The zero-order valence-corrected chi connectivity index (χ0v) is 10.9. The Hall–Kier alpha value is -1.81. The number of nitrogens with one attached hydrogen (secondary N) is 1. The van der Waals surface area contributed by atoms with Crippen molar-refractivity contribution in [3.8, 4) is 0 Å². The van der Waals surface area contributed by atoms with Gasteiger partial charge in [-0.2, -0.15) is 0 Å². The third-order valence-electron chi connectivity index (χ3n) is 3.64. The summed E-state index contributed by atoms with van der Waals surface area (Å²) >= 11 is 0. The fourth-order valence-corrected chi connectivity index (χ4v) is 2.57. The summed E-state index contributed by atoms with van der Waals surface area (Å²) < 4.78 is 5.50. The summed E-state index contributed by atoms with van der Waals surface area (Å²) in [5.41, 5.74) is 8.65. The summed E-state index contributed by atoms with van der Waals surface area (Å²) in [5, 5.41) is 4.59. The van der Waals surface area contributed by atoms with Gasteiger partial charge >= 0.3 is 0 Å². The molecule has 1 aromatic heterocycles. The molecule has 3 N–H and O–H groups in total. The van der Waals surface area contributed by atoms with E-state index < -0.39 is 0 Å². The summed E-state index contributed by atoms with van der Waals surface area (Å²) in [6.07, 6.45) is 4.17. The van der Waals surface area contributed by atoms with Crippen LogP contribution in [0.2, 0.25) is 0 Å². The van der Waals surface area contributed by atoms with Gasteiger partial charge < -0.3 is 15.8 Å². The Balaban J connectivity index is 1.79. The Bertz CT molecular complexity index is 564. The minimum absolute atomic E-state index is 0.595. The van der Waals surface area contributed by atoms with Crippen LogP contribution in [0, 0.1) is 5.92 Å². The van der Waals surface area contributed by atoms with E-state index in [1.54, 1.807) is 6.20 Å². The van der Waals surface area contributed by atoms with E-state index in [0.717, 1.165) is 48.5 Å². The summed E-state index contributed by atoms with van der Waals surface area (Å²) in [6, 6.07) is 7.94. The number of hydrogen-bond donors (Lipinski definition) is 2. The van der Waals surface area contributed by atoms with Crippen LogP contribution >= 0.6 is 0 Å². The molecule has 1 atom stereocenters. The number of hydrogen-bond acceptors (Lipinski definition) is 4. The number of nitrogens with two attached hydrogens (primary N) is 1. The molecule has 1 unspecified atom stereocenters. The van der Waals surface area contributed by atoms with Crippen molar-refractivity contribution in [1.82, 2.24) is 4.98 Å². The number of anilines is 2. The first-order valence-electron chi connectivity index (χ1n) is 6.79. The Morgan fingerprint density at radius 1 is 1.37 bits per heavy atom. The lowest BCUT2D eigenvalue weighted by Crippen LogP contribution is -2.24. The van der Waals surface area contributed by atoms with Crippen molar-refractivity contribution in [3.05, 3.63) is 30.5 Å². The lowest BCUT2D eigenvalue weighted by atomic mass is 10.0. The number of benzene rings is 1. The van der Waals surface area contributed by atoms with Gasteiger partial charge in [-0.1, -0.05) is 0 Å². The number of fused-ring (bicyclic) bond motifs is 1. The van der Waals surface area contributed by atoms with Crippen LogP contribution in [-0.2, 0) is 4.74 Å². The highest BCUT2D eigenvalue weighted by atomic mass is 16.5. The van der Waals surface area contributed by atoms with Crippen molar-refractivity contribution in [2.45, 2.75) is 12.8 Å². The molecule has 0 aliphatic carbocycles. The van der Waals surface area contributed by atoms with Crippen molar-refractivity contribution >= 4 is 22.3 Å². The third kappa shape index (κ3) is 2.63. The van der Waals surface area contributed by atoms with Gasteiger partial charge in [-0.05, 0) is 43.0 Å². The van der Waals surface area contributed by atoms with Crippen LogP contribution in [0.25, 0.3) is 10.9 Å². The van der Waals surface area contributed by atoms with E-state index in [1.165, 1.54) is 6.42 Å².